The molecule has 0 saturated carbocycles. The highest BCUT2D eigenvalue weighted by Crippen LogP contribution is 2.22. The first-order valence-corrected chi connectivity index (χ1v) is 9.65. The first-order chi connectivity index (χ1) is 12.1. The smallest absolute Gasteiger partial charge is 0.253 e. The summed E-state index contributed by atoms with van der Waals surface area (Å²) >= 11 is 5.02. The van der Waals surface area contributed by atoms with Crippen LogP contribution in [0.25, 0.3) is 0 Å². The van der Waals surface area contributed by atoms with Crippen molar-refractivity contribution in [3.63, 3.8) is 0 Å². The van der Waals surface area contributed by atoms with Crippen LogP contribution in [0.2, 0.25) is 0 Å². The Balaban J connectivity index is 1.91. The van der Waals surface area contributed by atoms with Crippen LogP contribution >= 0.6 is 27.7 Å². The maximum atomic E-state index is 12.2. The number of hydrogen-bond donors (Lipinski definition) is 2. The summed E-state index contributed by atoms with van der Waals surface area (Å²) < 4.78 is 1.03. The highest BCUT2D eigenvalue weighted by Gasteiger charge is 2.12. The van der Waals surface area contributed by atoms with Gasteiger partial charge >= 0.3 is 0 Å². The third kappa shape index (κ3) is 6.07. The molecular weight excluding hydrogens is 400 g/mol. The number of anilines is 1. The van der Waals surface area contributed by atoms with Crippen LogP contribution in [0.4, 0.5) is 5.69 Å². The molecule has 0 saturated heterocycles. The zero-order valence-corrected chi connectivity index (χ0v) is 16.0. The van der Waals surface area contributed by atoms with E-state index in [0.717, 1.165) is 15.8 Å². The molecule has 0 aliphatic carbocycles. The molecule has 0 fully saturated rings. The normalized spacial score (nSPS) is 10.1. The van der Waals surface area contributed by atoms with Crippen molar-refractivity contribution in [2.45, 2.75) is 5.75 Å². The van der Waals surface area contributed by atoms with Gasteiger partial charge in [-0.3, -0.25) is 9.59 Å². The summed E-state index contributed by atoms with van der Waals surface area (Å²) in [5, 5.41) is 5.53. The quantitative estimate of drug-likeness (QED) is 0.630. The highest BCUT2D eigenvalue weighted by atomic mass is 79.9. The fourth-order valence-electron chi connectivity index (χ4n) is 2.11. The van der Waals surface area contributed by atoms with Crippen molar-refractivity contribution >= 4 is 45.2 Å². The predicted octanol–water partition coefficient (Wildman–Crippen LogP) is 4.24. The van der Waals surface area contributed by atoms with E-state index < -0.39 is 0 Å². The molecule has 0 aromatic heterocycles. The lowest BCUT2D eigenvalue weighted by Crippen LogP contribution is -2.25. The summed E-state index contributed by atoms with van der Waals surface area (Å²) in [6, 6.07) is 14.9. The minimum atomic E-state index is -0.239. The fourth-order valence-corrected chi connectivity index (χ4v) is 3.55. The molecule has 0 bridgehead atoms. The Labute approximate surface area is 160 Å². The summed E-state index contributed by atoms with van der Waals surface area (Å²) in [6.45, 7) is 3.95. The second-order valence-corrected chi connectivity index (χ2v) is 7.02. The largest absolute Gasteiger partial charge is 0.349 e. The third-order valence-electron chi connectivity index (χ3n) is 3.30. The molecular formula is C19H19BrN2O2S. The Morgan fingerprint density at radius 3 is 2.60 bits per heavy atom. The summed E-state index contributed by atoms with van der Waals surface area (Å²) in [5.74, 6) is 0.665. The van der Waals surface area contributed by atoms with E-state index in [4.69, 9.17) is 0 Å². The van der Waals surface area contributed by atoms with Crippen molar-refractivity contribution in [1.29, 1.82) is 0 Å². The van der Waals surface area contributed by atoms with Crippen LogP contribution in [0.5, 0.6) is 0 Å². The number of nitrogens with one attached hydrogen (secondary N) is 2. The lowest BCUT2D eigenvalue weighted by molar-refractivity contribution is -0.113. The van der Waals surface area contributed by atoms with Gasteiger partial charge in [0.05, 0.1) is 17.0 Å². The number of carbonyl (C=O) groups excluding carboxylic acids is 2. The van der Waals surface area contributed by atoms with Gasteiger partial charge in [-0.05, 0) is 23.8 Å². The molecule has 130 valence electrons. The van der Waals surface area contributed by atoms with E-state index in [9.17, 15) is 9.59 Å². The van der Waals surface area contributed by atoms with Gasteiger partial charge in [0.1, 0.15) is 0 Å². The number of amides is 2. The lowest BCUT2D eigenvalue weighted by atomic mass is 10.1. The maximum absolute atomic E-state index is 12.2. The number of halogens is 1. The molecule has 25 heavy (non-hydrogen) atoms. The maximum Gasteiger partial charge on any atom is 0.253 e. The second-order valence-electron chi connectivity index (χ2n) is 5.18. The van der Waals surface area contributed by atoms with Crippen molar-refractivity contribution in [3.05, 3.63) is 76.8 Å². The van der Waals surface area contributed by atoms with E-state index in [1.54, 1.807) is 30.3 Å². The molecule has 0 atom stereocenters. The first-order valence-electron chi connectivity index (χ1n) is 7.71. The average Bonchev–Trinajstić information content (AvgIpc) is 2.62. The summed E-state index contributed by atoms with van der Waals surface area (Å²) in [4.78, 5) is 24.3. The molecule has 2 N–H and O–H groups in total. The third-order valence-corrected chi connectivity index (χ3v) is 5.06. The minimum absolute atomic E-state index is 0.138. The highest BCUT2D eigenvalue weighted by molar-refractivity contribution is 9.10. The topological polar surface area (TPSA) is 58.2 Å². The Hall–Kier alpha value is -2.05. The molecule has 0 spiro atoms. The van der Waals surface area contributed by atoms with Gasteiger partial charge in [0.15, 0.2) is 0 Å². The van der Waals surface area contributed by atoms with Crippen LogP contribution in [0, 0.1) is 0 Å². The van der Waals surface area contributed by atoms with Gasteiger partial charge in [0, 0.05) is 16.8 Å². The van der Waals surface area contributed by atoms with Gasteiger partial charge in [0.25, 0.3) is 5.91 Å². The molecule has 2 rings (SSSR count). The number of rotatable bonds is 8. The van der Waals surface area contributed by atoms with Gasteiger partial charge in [-0.25, -0.2) is 0 Å². The van der Waals surface area contributed by atoms with Crippen molar-refractivity contribution in [2.75, 3.05) is 17.6 Å². The molecule has 0 heterocycles. The minimum Gasteiger partial charge on any atom is -0.349 e. The molecule has 0 radical (unpaired) electrons. The number of para-hydroxylation sites is 1. The molecule has 2 aromatic carbocycles. The van der Waals surface area contributed by atoms with E-state index in [-0.39, 0.29) is 11.8 Å². The molecule has 2 aromatic rings. The van der Waals surface area contributed by atoms with E-state index >= 15 is 0 Å². The zero-order valence-electron chi connectivity index (χ0n) is 13.6. The fraction of sp³-hybridized carbons (Fsp3) is 0.158. The Kier molecular flexibility index (Phi) is 7.76. The Morgan fingerprint density at radius 2 is 1.84 bits per heavy atom. The first kappa shape index (κ1) is 19.3. The van der Waals surface area contributed by atoms with Crippen LogP contribution in [0.3, 0.4) is 0 Å². The average molecular weight is 419 g/mol. The molecule has 6 heteroatoms. The van der Waals surface area contributed by atoms with E-state index in [0.29, 0.717) is 23.5 Å². The van der Waals surface area contributed by atoms with Crippen LogP contribution in [0.15, 0.2) is 65.7 Å². The lowest BCUT2D eigenvalue weighted by Gasteiger charge is -2.11. The van der Waals surface area contributed by atoms with Gasteiger partial charge in [-0.15, -0.1) is 18.3 Å². The number of hydrogen-bond acceptors (Lipinski definition) is 3. The Morgan fingerprint density at radius 1 is 1.12 bits per heavy atom. The van der Waals surface area contributed by atoms with Gasteiger partial charge < -0.3 is 10.6 Å². The standard InChI is InChI=1S/C19H19BrN2O2S/c1-2-11-21-19(24)15-8-4-6-10-17(15)22-18(23)13-25-12-14-7-3-5-9-16(14)20/h2-10H,1,11-13H2,(H,21,24)(H,22,23). The molecule has 0 aliphatic rings. The van der Waals surface area contributed by atoms with Crippen molar-refractivity contribution in [1.82, 2.24) is 5.32 Å². The zero-order chi connectivity index (χ0) is 18.1. The molecule has 0 aliphatic heterocycles. The van der Waals surface area contributed by atoms with Crippen molar-refractivity contribution < 1.29 is 9.59 Å². The van der Waals surface area contributed by atoms with Gasteiger partial charge in [-0.2, -0.15) is 0 Å². The number of thioether (sulfide) groups is 1. The monoisotopic (exact) mass is 418 g/mol. The van der Waals surface area contributed by atoms with E-state index in [1.807, 2.05) is 24.3 Å². The second kappa shape index (κ2) is 10.1. The number of carbonyl (C=O) groups is 2. The molecule has 4 nitrogen and oxygen atoms in total. The number of benzene rings is 2. The van der Waals surface area contributed by atoms with Crippen molar-refractivity contribution in [3.8, 4) is 0 Å². The predicted molar refractivity (Wildman–Crippen MR) is 108 cm³/mol. The SMILES string of the molecule is C=CCNC(=O)c1ccccc1NC(=O)CSCc1ccccc1Br. The summed E-state index contributed by atoms with van der Waals surface area (Å²) in [7, 11) is 0. The van der Waals surface area contributed by atoms with Gasteiger partial charge in [-0.1, -0.05) is 52.3 Å². The molecule has 2 amide bonds. The van der Waals surface area contributed by atoms with Crippen molar-refractivity contribution in [2.24, 2.45) is 0 Å². The summed E-state index contributed by atoms with van der Waals surface area (Å²) in [5.41, 5.74) is 2.09. The van der Waals surface area contributed by atoms with Gasteiger partial charge in [0.2, 0.25) is 5.91 Å². The van der Waals surface area contributed by atoms with E-state index in [1.165, 1.54) is 11.8 Å². The van der Waals surface area contributed by atoms with E-state index in [2.05, 4.69) is 33.1 Å². The summed E-state index contributed by atoms with van der Waals surface area (Å²) in [6.07, 6.45) is 1.61. The van der Waals surface area contributed by atoms with Crippen LogP contribution in [-0.2, 0) is 10.5 Å². The van der Waals surface area contributed by atoms with Crippen LogP contribution in [0.1, 0.15) is 15.9 Å². The Bertz CT molecular complexity index is 765. The van der Waals surface area contributed by atoms with Crippen LogP contribution in [-0.4, -0.2) is 24.1 Å². The van der Waals surface area contributed by atoms with Crippen LogP contribution < -0.4 is 10.6 Å². The molecule has 0 unspecified atom stereocenters.